The van der Waals surface area contributed by atoms with Crippen LogP contribution in [-0.4, -0.2) is 48.3 Å². The fraction of sp³-hybridized carbons (Fsp3) is 0.208. The molecule has 10 heteroatoms. The highest BCUT2D eigenvalue weighted by Crippen LogP contribution is 2.29. The van der Waals surface area contributed by atoms with Crippen molar-refractivity contribution in [2.24, 2.45) is 5.10 Å². The molecule has 3 aromatic rings. The minimum absolute atomic E-state index is 0.267. The van der Waals surface area contributed by atoms with Crippen LogP contribution in [0, 0.1) is 5.82 Å². The van der Waals surface area contributed by atoms with Gasteiger partial charge in [-0.1, -0.05) is 36.4 Å². The summed E-state index contributed by atoms with van der Waals surface area (Å²) in [4.78, 5) is 18.2. The molecule has 0 saturated carbocycles. The van der Waals surface area contributed by atoms with Gasteiger partial charge < -0.3 is 9.47 Å². The number of hydrazine groups is 1. The number of anilines is 1. The van der Waals surface area contributed by atoms with Crippen LogP contribution in [0.25, 0.3) is 11.1 Å². The third-order valence-corrected chi connectivity index (χ3v) is 5.51. The lowest BCUT2D eigenvalue weighted by Crippen LogP contribution is -2.86. The second-order valence-electron chi connectivity index (χ2n) is 8.03. The Kier molecular flexibility index (Phi) is 6.17. The summed E-state index contributed by atoms with van der Waals surface area (Å²) in [6, 6.07) is 18.0. The highest BCUT2D eigenvalue weighted by atomic mass is 19.1. The van der Waals surface area contributed by atoms with Crippen LogP contribution in [0.1, 0.15) is 11.3 Å². The van der Waals surface area contributed by atoms with Gasteiger partial charge in [-0.25, -0.2) is 9.18 Å². The number of quaternary nitrogens is 1. The Morgan fingerprint density at radius 2 is 2.06 bits per heavy atom. The molecule has 1 fully saturated rings. The first-order chi connectivity index (χ1) is 16.6. The third kappa shape index (κ3) is 4.74. The van der Waals surface area contributed by atoms with Gasteiger partial charge in [0.1, 0.15) is 17.6 Å². The van der Waals surface area contributed by atoms with Crippen LogP contribution in [-0.2, 0) is 16.1 Å². The fourth-order valence-electron chi connectivity index (χ4n) is 3.79. The number of hydrogen-bond donors (Lipinski definition) is 2. The third-order valence-electron chi connectivity index (χ3n) is 5.51. The van der Waals surface area contributed by atoms with E-state index in [4.69, 9.17) is 9.47 Å². The molecule has 1 amide bonds. The number of nitrogens with two attached hydrogens (primary N) is 1. The lowest BCUT2D eigenvalue weighted by atomic mass is 10.1. The molecule has 34 heavy (non-hydrogen) atoms. The van der Waals surface area contributed by atoms with Crippen molar-refractivity contribution in [2.45, 2.75) is 12.7 Å². The van der Waals surface area contributed by atoms with E-state index in [0.29, 0.717) is 41.5 Å². The number of ether oxygens (including phenoxy) is 2. The summed E-state index contributed by atoms with van der Waals surface area (Å²) in [7, 11) is 1.83. The Morgan fingerprint density at radius 1 is 1.21 bits per heavy atom. The van der Waals surface area contributed by atoms with Gasteiger partial charge >= 0.3 is 6.09 Å². The normalized spacial score (nSPS) is 18.1. The zero-order valence-electron chi connectivity index (χ0n) is 18.5. The maximum atomic E-state index is 15.0. The molecule has 1 saturated heterocycles. The lowest BCUT2D eigenvalue weighted by Gasteiger charge is -2.14. The fourth-order valence-corrected chi connectivity index (χ4v) is 3.79. The first kappa shape index (κ1) is 22.0. The summed E-state index contributed by atoms with van der Waals surface area (Å²) >= 11 is 0. The Balaban J connectivity index is 1.22. The summed E-state index contributed by atoms with van der Waals surface area (Å²) in [5, 5.41) is 5.94. The lowest BCUT2D eigenvalue weighted by molar-refractivity contribution is -0.803. The van der Waals surface area contributed by atoms with E-state index < -0.39 is 18.0 Å². The summed E-state index contributed by atoms with van der Waals surface area (Å²) in [5.41, 5.74) is 7.84. The number of nitrogens with zero attached hydrogens (tertiary/aromatic N) is 4. The number of hydrogen-bond acceptors (Lipinski definition) is 7. The highest BCUT2D eigenvalue weighted by Gasteiger charge is 2.33. The van der Waals surface area contributed by atoms with Gasteiger partial charge in [-0.15, -0.1) is 5.53 Å². The zero-order valence-corrected chi connectivity index (χ0v) is 18.5. The molecule has 3 heterocycles. The molecular formula is C24H24FN6O3+. The van der Waals surface area contributed by atoms with E-state index in [1.807, 2.05) is 37.4 Å². The van der Waals surface area contributed by atoms with Gasteiger partial charge in [0.25, 0.3) is 0 Å². The number of cyclic esters (lactones) is 1. The van der Waals surface area contributed by atoms with Gasteiger partial charge in [0, 0.05) is 17.3 Å². The van der Waals surface area contributed by atoms with Crippen molar-refractivity contribution in [1.29, 1.82) is 0 Å². The maximum Gasteiger partial charge on any atom is 0.414 e. The number of pyridine rings is 1. The minimum Gasteiger partial charge on any atom is -0.441 e. The van der Waals surface area contributed by atoms with Crippen LogP contribution in [0.3, 0.4) is 0 Å². The largest absolute Gasteiger partial charge is 0.441 e. The predicted octanol–water partition coefficient (Wildman–Crippen LogP) is 2.02. The smallest absolute Gasteiger partial charge is 0.414 e. The first-order valence-electron chi connectivity index (χ1n) is 10.8. The minimum atomic E-state index is -0.516. The summed E-state index contributed by atoms with van der Waals surface area (Å²) in [6.07, 6.45) is 0.664. The number of amides is 1. The Hall–Kier alpha value is -3.86. The molecule has 0 bridgehead atoms. The molecule has 1 aromatic heterocycles. The van der Waals surface area contributed by atoms with Crippen LogP contribution in [0.5, 0.6) is 0 Å². The van der Waals surface area contributed by atoms with Gasteiger partial charge in [-0.3, -0.25) is 15.3 Å². The van der Waals surface area contributed by atoms with Crippen molar-refractivity contribution in [3.8, 4) is 11.1 Å². The number of benzene rings is 2. The average Bonchev–Trinajstić information content (AvgIpc) is 3.45. The summed E-state index contributed by atoms with van der Waals surface area (Å²) in [5.74, 6) is 0.174. The second kappa shape index (κ2) is 9.56. The molecule has 3 N–H and O–H groups in total. The summed E-state index contributed by atoms with van der Waals surface area (Å²) in [6.45, 7) is 0.996. The number of rotatable bonds is 7. The van der Waals surface area contributed by atoms with Gasteiger partial charge in [0.15, 0.2) is 0 Å². The molecule has 5 rings (SSSR count). The van der Waals surface area contributed by atoms with Crippen molar-refractivity contribution >= 4 is 17.6 Å². The molecule has 174 valence electrons. The van der Waals surface area contributed by atoms with E-state index in [2.05, 4.69) is 15.5 Å². The number of halogens is 1. The number of carbonyl (C=O) groups is 1. The number of nitrogens with one attached hydrogen (secondary N) is 1. The molecule has 2 aromatic carbocycles. The van der Waals surface area contributed by atoms with Crippen molar-refractivity contribution in [3.05, 3.63) is 83.9 Å². The molecular weight excluding hydrogens is 439 g/mol. The van der Waals surface area contributed by atoms with Gasteiger partial charge in [-0.05, 0) is 40.0 Å². The number of carbonyl (C=O) groups excluding carboxylic acids is 1. The highest BCUT2D eigenvalue weighted by molar-refractivity contribution is 5.96. The van der Waals surface area contributed by atoms with Crippen molar-refractivity contribution in [3.63, 3.8) is 0 Å². The first-order valence-corrected chi connectivity index (χ1v) is 10.8. The Morgan fingerprint density at radius 3 is 2.76 bits per heavy atom. The second-order valence-corrected chi connectivity index (χ2v) is 8.03. The monoisotopic (exact) mass is 463 g/mol. The molecule has 0 aliphatic carbocycles. The quantitative estimate of drug-likeness (QED) is 0.521. The zero-order chi connectivity index (χ0) is 23.5. The Labute approximate surface area is 195 Å². The van der Waals surface area contributed by atoms with E-state index in [9.17, 15) is 9.18 Å². The van der Waals surface area contributed by atoms with Crippen LogP contribution in [0.2, 0.25) is 0 Å². The topological polar surface area (TPSA) is 95.9 Å². The van der Waals surface area contributed by atoms with Gasteiger partial charge in [-0.2, -0.15) is 0 Å². The molecule has 1 atom stereocenters. The van der Waals surface area contributed by atoms with Crippen LogP contribution < -0.4 is 15.9 Å². The molecule has 0 unspecified atom stereocenters. The van der Waals surface area contributed by atoms with Crippen LogP contribution in [0.15, 0.2) is 72.0 Å². The number of aromatic nitrogens is 1. The van der Waals surface area contributed by atoms with Gasteiger partial charge in [0.2, 0.25) is 5.84 Å². The molecule has 0 radical (unpaired) electrons. The average molecular weight is 463 g/mol. The van der Waals surface area contributed by atoms with Crippen molar-refractivity contribution in [2.75, 3.05) is 25.1 Å². The van der Waals surface area contributed by atoms with Gasteiger partial charge in [0.05, 0.1) is 32.5 Å². The number of amidine groups is 1. The van der Waals surface area contributed by atoms with Crippen molar-refractivity contribution in [1.82, 2.24) is 15.5 Å². The van der Waals surface area contributed by atoms with E-state index in [1.54, 1.807) is 41.1 Å². The van der Waals surface area contributed by atoms with E-state index >= 15 is 0 Å². The standard InChI is InChI=1S/C24H23FN6O3/c1-30-28-23(27-29-30)22-10-7-17(12-26-22)20-9-8-18(11-21(20)25)31-13-19(34-24(31)32)15-33-14-16-5-3-2-4-6-16/h2-12,19,29H,13-15H2,1H3,(H,27,28)/p+1/t19-/m1/s1. The SMILES string of the molecule is CN1NC(c2ccc(-c3ccc(N4C[C@H](COCc5ccccc5)OC4=O)cc3F)cn2)=N[NH2+]1. The maximum absolute atomic E-state index is 15.0. The Bertz CT molecular complexity index is 1210. The van der Waals surface area contributed by atoms with Crippen LogP contribution in [0.4, 0.5) is 14.9 Å². The molecule has 9 nitrogen and oxygen atoms in total. The van der Waals surface area contributed by atoms with E-state index in [0.717, 1.165) is 5.56 Å². The molecule has 2 aliphatic heterocycles. The predicted molar refractivity (Wildman–Crippen MR) is 123 cm³/mol. The van der Waals surface area contributed by atoms with Crippen LogP contribution >= 0.6 is 0 Å². The van der Waals surface area contributed by atoms with E-state index in [-0.39, 0.29) is 6.61 Å². The van der Waals surface area contributed by atoms with Crippen molar-refractivity contribution < 1.29 is 24.2 Å². The van der Waals surface area contributed by atoms with E-state index in [1.165, 1.54) is 11.0 Å². The molecule has 0 spiro atoms. The summed E-state index contributed by atoms with van der Waals surface area (Å²) < 4.78 is 26.1. The molecule has 2 aliphatic rings.